The molecule has 2 heterocycles. The van der Waals surface area contributed by atoms with Gasteiger partial charge in [0.05, 0.1) is 33.2 Å². The lowest BCUT2D eigenvalue weighted by atomic mass is 10.2. The van der Waals surface area contributed by atoms with Crippen molar-refractivity contribution in [2.24, 2.45) is 0 Å². The van der Waals surface area contributed by atoms with Crippen molar-refractivity contribution in [2.75, 3.05) is 26.6 Å². The molecule has 0 spiro atoms. The topological polar surface area (TPSA) is 83.3 Å². The van der Waals surface area contributed by atoms with Crippen molar-refractivity contribution < 1.29 is 14.2 Å². The smallest absolute Gasteiger partial charge is 0.203 e. The minimum atomic E-state index is 0.547. The highest BCUT2D eigenvalue weighted by Gasteiger charge is 2.20. The molecular weight excluding hydrogens is 382 g/mol. The van der Waals surface area contributed by atoms with Gasteiger partial charge in [-0.2, -0.15) is 0 Å². The van der Waals surface area contributed by atoms with Gasteiger partial charge in [-0.25, -0.2) is 15.0 Å². The first-order valence-electron chi connectivity index (χ1n) is 9.71. The van der Waals surface area contributed by atoms with Crippen molar-refractivity contribution in [3.8, 4) is 22.9 Å². The first kappa shape index (κ1) is 19.8. The molecule has 30 heavy (non-hydrogen) atoms. The third-order valence-electron chi connectivity index (χ3n) is 5.09. The van der Waals surface area contributed by atoms with Crippen LogP contribution in [0.3, 0.4) is 0 Å². The molecule has 0 amide bonds. The standard InChI is InChI=1S/C22H25N5O3/c1-13(2)21-24-16-8-6-7-15(16)22(26-21)25-19-11-27(12-23-19)14-9-17(28-3)20(30-5)18(10-14)29-4/h9-12H,1,6-8H2,2-5H3,(H,24,25,26). The second-order valence-corrected chi connectivity index (χ2v) is 7.13. The van der Waals surface area contributed by atoms with Gasteiger partial charge in [0.2, 0.25) is 5.75 Å². The maximum atomic E-state index is 5.45. The Hall–Kier alpha value is -3.55. The number of imidazole rings is 1. The molecule has 4 rings (SSSR count). The van der Waals surface area contributed by atoms with Crippen LogP contribution < -0.4 is 19.5 Å². The Labute approximate surface area is 175 Å². The summed E-state index contributed by atoms with van der Waals surface area (Å²) in [5.74, 6) is 3.85. The predicted molar refractivity (Wildman–Crippen MR) is 115 cm³/mol. The van der Waals surface area contributed by atoms with Gasteiger partial charge in [0.15, 0.2) is 17.3 Å². The van der Waals surface area contributed by atoms with E-state index in [1.165, 1.54) is 0 Å². The molecule has 0 aliphatic heterocycles. The van der Waals surface area contributed by atoms with Crippen LogP contribution in [0.4, 0.5) is 11.6 Å². The summed E-state index contributed by atoms with van der Waals surface area (Å²) in [6.07, 6.45) is 6.63. The van der Waals surface area contributed by atoms with Crippen LogP contribution in [0.25, 0.3) is 11.3 Å². The molecule has 0 saturated heterocycles. The van der Waals surface area contributed by atoms with E-state index in [9.17, 15) is 0 Å². The SMILES string of the molecule is C=C(C)c1nc2c(c(Nc3cn(-c4cc(OC)c(OC)c(OC)c4)cn3)n1)CCC2. The number of nitrogens with zero attached hydrogens (tertiary/aromatic N) is 4. The van der Waals surface area contributed by atoms with E-state index in [-0.39, 0.29) is 0 Å². The Morgan fingerprint density at radius 2 is 1.80 bits per heavy atom. The van der Waals surface area contributed by atoms with Gasteiger partial charge in [-0.3, -0.25) is 0 Å². The first-order chi connectivity index (χ1) is 14.5. The van der Waals surface area contributed by atoms with Crippen LogP contribution >= 0.6 is 0 Å². The molecule has 1 aromatic carbocycles. The molecule has 0 radical (unpaired) electrons. The summed E-state index contributed by atoms with van der Waals surface area (Å²) in [6.45, 7) is 5.90. The predicted octanol–water partition coefficient (Wildman–Crippen LogP) is 3.95. The number of methoxy groups -OCH3 is 3. The Kier molecular flexibility index (Phi) is 5.31. The van der Waals surface area contributed by atoms with Gasteiger partial charge >= 0.3 is 0 Å². The van der Waals surface area contributed by atoms with Crippen molar-refractivity contribution in [2.45, 2.75) is 26.2 Å². The summed E-state index contributed by atoms with van der Waals surface area (Å²) in [5.41, 5.74) is 3.92. The van der Waals surface area contributed by atoms with E-state index >= 15 is 0 Å². The van der Waals surface area contributed by atoms with Gasteiger partial charge < -0.3 is 24.1 Å². The third kappa shape index (κ3) is 3.56. The number of nitrogens with one attached hydrogen (secondary N) is 1. The number of aromatic nitrogens is 4. The van der Waals surface area contributed by atoms with Crippen LogP contribution in [0.5, 0.6) is 17.2 Å². The van der Waals surface area contributed by atoms with Crippen LogP contribution in [0.2, 0.25) is 0 Å². The minimum Gasteiger partial charge on any atom is -0.493 e. The molecule has 3 aromatic rings. The van der Waals surface area contributed by atoms with Gasteiger partial charge in [-0.05, 0) is 31.8 Å². The zero-order valence-corrected chi connectivity index (χ0v) is 17.7. The average molecular weight is 407 g/mol. The van der Waals surface area contributed by atoms with Crippen molar-refractivity contribution in [1.82, 2.24) is 19.5 Å². The Balaban J connectivity index is 1.67. The Morgan fingerprint density at radius 1 is 1.07 bits per heavy atom. The molecule has 0 atom stereocenters. The number of fused-ring (bicyclic) bond motifs is 1. The quantitative estimate of drug-likeness (QED) is 0.635. The zero-order chi connectivity index (χ0) is 21.3. The number of anilines is 2. The maximum absolute atomic E-state index is 5.45. The fourth-order valence-corrected chi connectivity index (χ4v) is 3.59. The first-order valence-corrected chi connectivity index (χ1v) is 9.71. The summed E-state index contributed by atoms with van der Waals surface area (Å²) < 4.78 is 18.2. The number of rotatable bonds is 7. The van der Waals surface area contributed by atoms with E-state index in [0.717, 1.165) is 47.6 Å². The molecule has 1 aliphatic carbocycles. The van der Waals surface area contributed by atoms with E-state index < -0.39 is 0 Å². The minimum absolute atomic E-state index is 0.547. The summed E-state index contributed by atoms with van der Waals surface area (Å²) in [5, 5.41) is 3.36. The fourth-order valence-electron chi connectivity index (χ4n) is 3.59. The maximum Gasteiger partial charge on any atom is 0.203 e. The Bertz CT molecular complexity index is 1080. The van der Waals surface area contributed by atoms with Gasteiger partial charge in [0.1, 0.15) is 18.0 Å². The summed E-state index contributed by atoms with van der Waals surface area (Å²) >= 11 is 0. The van der Waals surface area contributed by atoms with Crippen LogP contribution in [0, 0.1) is 0 Å². The van der Waals surface area contributed by atoms with E-state index in [4.69, 9.17) is 14.2 Å². The molecule has 0 fully saturated rings. The molecule has 2 aromatic heterocycles. The molecule has 156 valence electrons. The van der Waals surface area contributed by atoms with Crippen LogP contribution in [0.1, 0.15) is 30.4 Å². The lowest BCUT2D eigenvalue weighted by molar-refractivity contribution is 0.324. The van der Waals surface area contributed by atoms with E-state index in [1.54, 1.807) is 27.7 Å². The van der Waals surface area contributed by atoms with Gasteiger partial charge in [-0.1, -0.05) is 6.58 Å². The molecular formula is C22H25N5O3. The molecule has 1 aliphatic rings. The van der Waals surface area contributed by atoms with Crippen molar-refractivity contribution in [3.05, 3.63) is 48.3 Å². The van der Waals surface area contributed by atoms with Crippen LogP contribution in [0.15, 0.2) is 31.2 Å². The second-order valence-electron chi connectivity index (χ2n) is 7.13. The fraction of sp³-hybridized carbons (Fsp3) is 0.318. The second kappa shape index (κ2) is 8.06. The third-order valence-corrected chi connectivity index (χ3v) is 5.09. The normalized spacial score (nSPS) is 12.4. The largest absolute Gasteiger partial charge is 0.493 e. The van der Waals surface area contributed by atoms with Crippen LogP contribution in [-0.2, 0) is 12.8 Å². The van der Waals surface area contributed by atoms with Crippen LogP contribution in [-0.4, -0.2) is 40.8 Å². The van der Waals surface area contributed by atoms with E-state index in [0.29, 0.717) is 28.9 Å². The number of ether oxygens (including phenoxy) is 3. The summed E-state index contributed by atoms with van der Waals surface area (Å²) in [4.78, 5) is 13.8. The number of aryl methyl sites for hydroxylation is 1. The molecule has 1 N–H and O–H groups in total. The van der Waals surface area contributed by atoms with Gasteiger partial charge in [0, 0.05) is 23.4 Å². The monoisotopic (exact) mass is 407 g/mol. The molecule has 8 nitrogen and oxygen atoms in total. The highest BCUT2D eigenvalue weighted by atomic mass is 16.5. The van der Waals surface area contributed by atoms with E-state index in [1.807, 2.05) is 29.8 Å². The zero-order valence-electron chi connectivity index (χ0n) is 17.7. The van der Waals surface area contributed by atoms with Gasteiger partial charge in [0.25, 0.3) is 0 Å². The number of hydrogen-bond acceptors (Lipinski definition) is 7. The molecule has 0 bridgehead atoms. The highest BCUT2D eigenvalue weighted by molar-refractivity contribution is 5.64. The van der Waals surface area contributed by atoms with Crippen molar-refractivity contribution >= 4 is 17.2 Å². The van der Waals surface area contributed by atoms with Crippen molar-refractivity contribution in [1.29, 1.82) is 0 Å². The van der Waals surface area contributed by atoms with Crippen molar-refractivity contribution in [3.63, 3.8) is 0 Å². The number of hydrogen-bond donors (Lipinski definition) is 1. The number of allylic oxidation sites excluding steroid dienone is 1. The Morgan fingerprint density at radius 3 is 2.43 bits per heavy atom. The lowest BCUT2D eigenvalue weighted by Crippen LogP contribution is -2.05. The highest BCUT2D eigenvalue weighted by Crippen LogP contribution is 2.39. The molecule has 8 heteroatoms. The summed E-state index contributed by atoms with van der Waals surface area (Å²) in [7, 11) is 4.77. The average Bonchev–Trinajstić information content (AvgIpc) is 3.42. The number of benzene rings is 1. The summed E-state index contributed by atoms with van der Waals surface area (Å²) in [6, 6.07) is 3.74. The molecule has 0 unspecified atom stereocenters. The van der Waals surface area contributed by atoms with E-state index in [2.05, 4.69) is 26.8 Å². The molecule has 0 saturated carbocycles. The lowest BCUT2D eigenvalue weighted by Gasteiger charge is -2.14. The van der Waals surface area contributed by atoms with Gasteiger partial charge in [-0.15, -0.1) is 0 Å².